The molecular weight excluding hydrogens is 540 g/mol. The summed E-state index contributed by atoms with van der Waals surface area (Å²) in [6, 6.07) is 17.5. The maximum atomic E-state index is 10.3. The highest BCUT2D eigenvalue weighted by molar-refractivity contribution is 5.88. The van der Waals surface area contributed by atoms with E-state index in [0.717, 1.165) is 37.1 Å². The highest BCUT2D eigenvalue weighted by Crippen LogP contribution is 2.33. The number of rotatable bonds is 10. The van der Waals surface area contributed by atoms with E-state index >= 15 is 0 Å². The van der Waals surface area contributed by atoms with Gasteiger partial charge in [-0.3, -0.25) is 24.5 Å². The van der Waals surface area contributed by atoms with Crippen molar-refractivity contribution in [3.8, 4) is 0 Å². The Morgan fingerprint density at radius 2 is 1.50 bits per heavy atom. The minimum absolute atomic E-state index is 0.113. The molecule has 0 aliphatic carbocycles. The first-order valence-electron chi connectivity index (χ1n) is 13.7. The lowest BCUT2D eigenvalue weighted by Crippen LogP contribution is -2.62. The quantitative estimate of drug-likeness (QED) is 0.237. The minimum Gasteiger partial charge on any atom is -0.481 e. The van der Waals surface area contributed by atoms with Gasteiger partial charge in [0.1, 0.15) is 0 Å². The van der Waals surface area contributed by atoms with Crippen LogP contribution in [0.1, 0.15) is 64.6 Å². The van der Waals surface area contributed by atoms with Gasteiger partial charge in [0.2, 0.25) is 0 Å². The molecule has 226 valence electrons. The SMILES string of the molecule is CC1(C)CC(N(Cc2ccc3ncccc3c2)Cc2ccccn2)CC(C)(C)N1.O=C(O)CC(O)(CC(=O)O)C(=O)O. The summed E-state index contributed by atoms with van der Waals surface area (Å²) in [6.07, 6.45) is 3.71. The summed E-state index contributed by atoms with van der Waals surface area (Å²) in [5.74, 6) is -5.02. The molecule has 11 nitrogen and oxygen atoms in total. The molecule has 11 heteroatoms. The Balaban J connectivity index is 0.000000316. The predicted molar refractivity (Wildman–Crippen MR) is 157 cm³/mol. The fraction of sp³-hybridized carbons (Fsp3) is 0.452. The van der Waals surface area contributed by atoms with E-state index in [1.807, 2.05) is 24.5 Å². The Labute approximate surface area is 245 Å². The molecule has 0 unspecified atom stereocenters. The number of hydrogen-bond donors (Lipinski definition) is 5. The van der Waals surface area contributed by atoms with Gasteiger partial charge in [-0.05, 0) is 76.4 Å². The number of benzene rings is 1. The molecule has 5 N–H and O–H groups in total. The monoisotopic (exact) mass is 580 g/mol. The molecule has 1 fully saturated rings. The number of aliphatic carboxylic acids is 3. The smallest absolute Gasteiger partial charge is 0.336 e. The first-order valence-corrected chi connectivity index (χ1v) is 13.7. The van der Waals surface area contributed by atoms with Crippen molar-refractivity contribution in [2.45, 2.75) is 89.2 Å². The molecular formula is C31H40N4O7. The predicted octanol–water partition coefficient (Wildman–Crippen LogP) is 3.69. The number of aromatic nitrogens is 2. The molecule has 0 atom stereocenters. The van der Waals surface area contributed by atoms with Crippen molar-refractivity contribution >= 4 is 28.8 Å². The molecule has 0 bridgehead atoms. The molecule has 3 heterocycles. The number of carboxylic acids is 3. The molecule has 0 amide bonds. The lowest BCUT2D eigenvalue weighted by Gasteiger charge is -2.49. The second-order valence-electron chi connectivity index (χ2n) is 12.2. The number of aliphatic hydroxyl groups is 1. The van der Waals surface area contributed by atoms with Gasteiger partial charge in [0, 0.05) is 48.0 Å². The van der Waals surface area contributed by atoms with Crippen LogP contribution in [0.2, 0.25) is 0 Å². The summed E-state index contributed by atoms with van der Waals surface area (Å²) in [5, 5.41) is 38.8. The molecule has 1 saturated heterocycles. The topological polar surface area (TPSA) is 173 Å². The fourth-order valence-electron chi connectivity index (χ4n) is 5.71. The number of carboxylic acid groups (broad SMARTS) is 3. The first-order chi connectivity index (χ1) is 19.6. The van der Waals surface area contributed by atoms with Crippen molar-refractivity contribution in [2.24, 2.45) is 0 Å². The maximum absolute atomic E-state index is 10.3. The molecule has 3 aromatic rings. The second-order valence-corrected chi connectivity index (χ2v) is 12.2. The average molecular weight is 581 g/mol. The van der Waals surface area contributed by atoms with Crippen LogP contribution in [0, 0.1) is 0 Å². The van der Waals surface area contributed by atoms with Gasteiger partial charge < -0.3 is 25.7 Å². The number of hydrogen-bond acceptors (Lipinski definition) is 8. The fourth-order valence-corrected chi connectivity index (χ4v) is 5.71. The van der Waals surface area contributed by atoms with Gasteiger partial charge in [-0.2, -0.15) is 0 Å². The zero-order valence-corrected chi connectivity index (χ0v) is 24.4. The van der Waals surface area contributed by atoms with Crippen LogP contribution >= 0.6 is 0 Å². The van der Waals surface area contributed by atoms with Crippen LogP contribution in [0.4, 0.5) is 0 Å². The van der Waals surface area contributed by atoms with Crippen LogP contribution in [-0.2, 0) is 27.5 Å². The van der Waals surface area contributed by atoms with Crippen molar-refractivity contribution in [3.63, 3.8) is 0 Å². The van der Waals surface area contributed by atoms with Crippen LogP contribution in [-0.4, -0.2) is 75.9 Å². The van der Waals surface area contributed by atoms with Crippen molar-refractivity contribution in [2.75, 3.05) is 0 Å². The van der Waals surface area contributed by atoms with Crippen LogP contribution in [0.5, 0.6) is 0 Å². The van der Waals surface area contributed by atoms with Crippen LogP contribution in [0.25, 0.3) is 10.9 Å². The third kappa shape index (κ3) is 9.57. The minimum atomic E-state index is -2.74. The summed E-state index contributed by atoms with van der Waals surface area (Å²) in [4.78, 5) is 42.2. The second kappa shape index (κ2) is 13.4. The summed E-state index contributed by atoms with van der Waals surface area (Å²) in [5.41, 5.74) is 0.998. The largest absolute Gasteiger partial charge is 0.481 e. The average Bonchev–Trinajstić information content (AvgIpc) is 2.86. The van der Waals surface area contributed by atoms with Gasteiger partial charge in [-0.25, -0.2) is 4.79 Å². The van der Waals surface area contributed by atoms with Gasteiger partial charge in [0.05, 0.1) is 24.1 Å². The molecule has 42 heavy (non-hydrogen) atoms. The molecule has 0 spiro atoms. The number of carbonyl (C=O) groups is 3. The van der Waals surface area contributed by atoms with Crippen molar-refractivity contribution < 1.29 is 34.8 Å². The Morgan fingerprint density at radius 3 is 2.05 bits per heavy atom. The molecule has 2 aromatic heterocycles. The van der Waals surface area contributed by atoms with E-state index in [0.29, 0.717) is 6.04 Å². The van der Waals surface area contributed by atoms with Crippen LogP contribution in [0.15, 0.2) is 60.9 Å². The molecule has 1 aliphatic heterocycles. The van der Waals surface area contributed by atoms with Crippen molar-refractivity contribution in [1.82, 2.24) is 20.2 Å². The Kier molecular flexibility index (Phi) is 10.4. The first kappa shape index (κ1) is 32.6. The maximum Gasteiger partial charge on any atom is 0.336 e. The third-order valence-electron chi connectivity index (χ3n) is 7.11. The Morgan fingerprint density at radius 1 is 0.881 bits per heavy atom. The molecule has 1 aliphatic rings. The van der Waals surface area contributed by atoms with E-state index in [2.05, 4.69) is 84.3 Å². The van der Waals surface area contributed by atoms with E-state index in [1.165, 1.54) is 10.9 Å². The third-order valence-corrected chi connectivity index (χ3v) is 7.11. The Bertz CT molecular complexity index is 1360. The van der Waals surface area contributed by atoms with Crippen LogP contribution in [0.3, 0.4) is 0 Å². The summed E-state index contributed by atoms with van der Waals surface area (Å²) < 4.78 is 0. The van der Waals surface area contributed by atoms with E-state index < -0.39 is 36.4 Å². The van der Waals surface area contributed by atoms with Crippen molar-refractivity contribution in [3.05, 3.63) is 72.2 Å². The lowest BCUT2D eigenvalue weighted by molar-refractivity contribution is -0.170. The van der Waals surface area contributed by atoms with Crippen molar-refractivity contribution in [1.29, 1.82) is 0 Å². The van der Waals surface area contributed by atoms with Gasteiger partial charge in [-0.1, -0.05) is 18.2 Å². The summed E-state index contributed by atoms with van der Waals surface area (Å²) in [7, 11) is 0. The van der Waals surface area contributed by atoms with Gasteiger partial charge >= 0.3 is 17.9 Å². The highest BCUT2D eigenvalue weighted by Gasteiger charge is 2.41. The van der Waals surface area contributed by atoms with E-state index in [-0.39, 0.29) is 11.1 Å². The number of nitrogens with one attached hydrogen (secondary N) is 1. The zero-order chi connectivity index (χ0) is 31.1. The number of piperidine rings is 1. The number of nitrogens with zero attached hydrogens (tertiary/aromatic N) is 3. The molecule has 1 aromatic carbocycles. The number of fused-ring (bicyclic) bond motifs is 1. The Hall–Kier alpha value is -3.93. The summed E-state index contributed by atoms with van der Waals surface area (Å²) >= 11 is 0. The van der Waals surface area contributed by atoms with Gasteiger partial charge in [0.15, 0.2) is 5.60 Å². The van der Waals surface area contributed by atoms with E-state index in [1.54, 1.807) is 0 Å². The van der Waals surface area contributed by atoms with Crippen LogP contribution < -0.4 is 5.32 Å². The summed E-state index contributed by atoms with van der Waals surface area (Å²) in [6.45, 7) is 11.1. The normalized spacial score (nSPS) is 16.4. The van der Waals surface area contributed by atoms with E-state index in [9.17, 15) is 14.4 Å². The highest BCUT2D eigenvalue weighted by atomic mass is 16.4. The number of pyridine rings is 2. The molecule has 4 rings (SSSR count). The standard InChI is InChI=1S/C25H32N4.C6H8O7/c1-24(2)15-22(16-25(3,4)28-24)29(18-21-9-5-6-12-26-21)17-19-10-11-23-20(14-19)8-7-13-27-23;7-3(8)1-6(13,5(11)12)2-4(9)10/h5-14,22,28H,15-18H2,1-4H3;13H,1-2H2,(H,7,8)(H,9,10)(H,11,12). The molecule has 0 saturated carbocycles. The van der Waals surface area contributed by atoms with Gasteiger partial charge in [-0.15, -0.1) is 0 Å². The zero-order valence-electron chi connectivity index (χ0n) is 24.4. The van der Waals surface area contributed by atoms with E-state index in [4.69, 9.17) is 20.4 Å². The molecule has 0 radical (unpaired) electrons. The van der Waals surface area contributed by atoms with Gasteiger partial charge in [0.25, 0.3) is 0 Å². The lowest BCUT2D eigenvalue weighted by atomic mass is 9.79.